The Morgan fingerprint density at radius 3 is 2.57 bits per heavy atom. The molecule has 0 amide bonds. The summed E-state index contributed by atoms with van der Waals surface area (Å²) in [6.45, 7) is 1.93. The van der Waals surface area contributed by atoms with E-state index in [9.17, 15) is 0 Å². The van der Waals surface area contributed by atoms with Gasteiger partial charge < -0.3 is 9.84 Å². The van der Waals surface area contributed by atoms with Crippen LogP contribution < -0.4 is 0 Å². The van der Waals surface area contributed by atoms with Crippen LogP contribution in [0.2, 0.25) is 0 Å². The van der Waals surface area contributed by atoms with Crippen LogP contribution in [0.3, 0.4) is 0 Å². The number of rotatable bonds is 3. The van der Waals surface area contributed by atoms with Crippen LogP contribution in [0.1, 0.15) is 6.92 Å². The molecule has 0 aromatic rings. The molecule has 0 aromatic heterocycles. The molecular formula is C4H11O2P. The molecule has 2 unspecified atom stereocenters. The molecule has 0 radical (unpaired) electrons. The summed E-state index contributed by atoms with van der Waals surface area (Å²) in [6, 6.07) is 0. The van der Waals surface area contributed by atoms with Crippen molar-refractivity contribution in [3.05, 3.63) is 0 Å². The molecule has 0 spiro atoms. The van der Waals surface area contributed by atoms with Crippen molar-refractivity contribution in [2.75, 3.05) is 13.0 Å². The summed E-state index contributed by atoms with van der Waals surface area (Å²) in [5.74, 6) is 0. The highest BCUT2D eigenvalue weighted by Crippen LogP contribution is 1.90. The third-order valence-electron chi connectivity index (χ3n) is 0.638. The monoisotopic (exact) mass is 122 g/mol. The Hall–Kier alpha value is 0.350. The Labute approximate surface area is 46.1 Å². The highest BCUT2D eigenvalue weighted by molar-refractivity contribution is 7.16. The molecule has 3 heteroatoms. The molecule has 1 N–H and O–H groups in total. The predicted octanol–water partition coefficient (Wildman–Crippen LogP) is 0.216. The Balaban J connectivity index is 2.83. The van der Waals surface area contributed by atoms with Gasteiger partial charge in [0.05, 0.1) is 19.1 Å². The van der Waals surface area contributed by atoms with E-state index in [0.717, 1.165) is 0 Å². The van der Waals surface area contributed by atoms with Gasteiger partial charge in [-0.3, -0.25) is 0 Å². The molecule has 0 rings (SSSR count). The minimum Gasteiger partial charge on any atom is -0.394 e. The van der Waals surface area contributed by atoms with Gasteiger partial charge in [0.1, 0.15) is 0 Å². The molecule has 2 nitrogen and oxygen atoms in total. The predicted molar refractivity (Wildman–Crippen MR) is 32.2 cm³/mol. The zero-order valence-electron chi connectivity index (χ0n) is 4.42. The highest BCUT2D eigenvalue weighted by Gasteiger charge is 1.93. The standard InChI is InChI=1S/C4H11O2P/c1-4(2-5)6-3-7/h4-5H,2-3,7H2,1H3. The van der Waals surface area contributed by atoms with Gasteiger partial charge in [-0.15, -0.1) is 9.24 Å². The van der Waals surface area contributed by atoms with Crippen molar-refractivity contribution in [1.82, 2.24) is 0 Å². The van der Waals surface area contributed by atoms with E-state index < -0.39 is 0 Å². The van der Waals surface area contributed by atoms with E-state index in [0.29, 0.717) is 6.35 Å². The van der Waals surface area contributed by atoms with Gasteiger partial charge in [-0.25, -0.2) is 0 Å². The fourth-order valence-corrected chi connectivity index (χ4v) is 0.546. The zero-order valence-corrected chi connectivity index (χ0v) is 5.58. The average Bonchev–Trinajstić information content (AvgIpc) is 1.68. The van der Waals surface area contributed by atoms with Crippen molar-refractivity contribution in [2.45, 2.75) is 13.0 Å². The van der Waals surface area contributed by atoms with Crippen molar-refractivity contribution < 1.29 is 9.84 Å². The Kier molecular flexibility index (Phi) is 4.73. The first kappa shape index (κ1) is 7.35. The summed E-state index contributed by atoms with van der Waals surface area (Å²) >= 11 is 0. The topological polar surface area (TPSA) is 29.5 Å². The van der Waals surface area contributed by atoms with E-state index in [1.165, 1.54) is 0 Å². The summed E-state index contributed by atoms with van der Waals surface area (Å²) in [4.78, 5) is 0. The zero-order chi connectivity index (χ0) is 5.70. The third-order valence-corrected chi connectivity index (χ3v) is 0.830. The number of aliphatic hydroxyl groups is 1. The van der Waals surface area contributed by atoms with Crippen LogP contribution in [-0.4, -0.2) is 24.2 Å². The number of aliphatic hydroxyl groups excluding tert-OH is 1. The first-order valence-electron chi connectivity index (χ1n) is 2.23. The van der Waals surface area contributed by atoms with Gasteiger partial charge in [-0.05, 0) is 6.92 Å². The molecule has 0 aliphatic rings. The van der Waals surface area contributed by atoms with Crippen molar-refractivity contribution in [3.8, 4) is 0 Å². The highest BCUT2D eigenvalue weighted by atomic mass is 31.0. The van der Waals surface area contributed by atoms with Crippen LogP contribution in [-0.2, 0) is 4.74 Å². The van der Waals surface area contributed by atoms with Crippen LogP contribution in [0.15, 0.2) is 0 Å². The molecule has 44 valence electrons. The molecule has 0 aliphatic heterocycles. The van der Waals surface area contributed by atoms with Gasteiger partial charge in [0.2, 0.25) is 0 Å². The Bertz CT molecular complexity index is 40.7. The molecule has 0 bridgehead atoms. The third kappa shape index (κ3) is 4.20. The maximum atomic E-state index is 8.33. The summed E-state index contributed by atoms with van der Waals surface area (Å²) in [5.41, 5.74) is 0. The maximum Gasteiger partial charge on any atom is 0.0782 e. The van der Waals surface area contributed by atoms with Crippen LogP contribution >= 0.6 is 9.24 Å². The summed E-state index contributed by atoms with van der Waals surface area (Å²) in [7, 11) is 2.42. The van der Waals surface area contributed by atoms with Crippen LogP contribution in [0.5, 0.6) is 0 Å². The lowest BCUT2D eigenvalue weighted by Crippen LogP contribution is -2.10. The van der Waals surface area contributed by atoms with Gasteiger partial charge in [-0.1, -0.05) is 0 Å². The van der Waals surface area contributed by atoms with Crippen molar-refractivity contribution in [1.29, 1.82) is 0 Å². The molecule has 7 heavy (non-hydrogen) atoms. The van der Waals surface area contributed by atoms with E-state index in [4.69, 9.17) is 9.84 Å². The number of hydrogen-bond acceptors (Lipinski definition) is 2. The molecule has 0 fully saturated rings. The SMILES string of the molecule is CC(CO)OCP. The van der Waals surface area contributed by atoms with E-state index >= 15 is 0 Å². The summed E-state index contributed by atoms with van der Waals surface area (Å²) < 4.78 is 4.90. The molecule has 0 aliphatic carbocycles. The van der Waals surface area contributed by atoms with E-state index in [-0.39, 0.29) is 12.7 Å². The Morgan fingerprint density at radius 1 is 1.86 bits per heavy atom. The van der Waals surface area contributed by atoms with E-state index in [2.05, 4.69) is 9.24 Å². The fraction of sp³-hybridized carbons (Fsp3) is 1.00. The van der Waals surface area contributed by atoms with Crippen LogP contribution in [0.25, 0.3) is 0 Å². The quantitative estimate of drug-likeness (QED) is 0.542. The first-order valence-corrected chi connectivity index (χ1v) is 3.05. The summed E-state index contributed by atoms with van der Waals surface area (Å²) in [6.07, 6.45) is 0.583. The lowest BCUT2D eigenvalue weighted by molar-refractivity contribution is 0.0528. The molecule has 2 atom stereocenters. The van der Waals surface area contributed by atoms with Gasteiger partial charge in [-0.2, -0.15) is 0 Å². The second kappa shape index (κ2) is 4.51. The minimum absolute atomic E-state index is 0.0162. The first-order chi connectivity index (χ1) is 3.31. The molecule has 0 saturated heterocycles. The van der Waals surface area contributed by atoms with E-state index in [1.54, 1.807) is 0 Å². The van der Waals surface area contributed by atoms with Crippen LogP contribution in [0.4, 0.5) is 0 Å². The van der Waals surface area contributed by atoms with Gasteiger partial charge in [0.25, 0.3) is 0 Å². The second-order valence-corrected chi connectivity index (χ2v) is 1.66. The lowest BCUT2D eigenvalue weighted by atomic mass is 10.4. The molecule has 0 heterocycles. The van der Waals surface area contributed by atoms with Crippen molar-refractivity contribution in [3.63, 3.8) is 0 Å². The van der Waals surface area contributed by atoms with Crippen LogP contribution in [0, 0.1) is 0 Å². The second-order valence-electron chi connectivity index (χ2n) is 1.33. The normalized spacial score (nSPS) is 14.1. The minimum atomic E-state index is -0.0162. The number of ether oxygens (including phenoxy) is 1. The average molecular weight is 122 g/mol. The molecule has 0 saturated carbocycles. The van der Waals surface area contributed by atoms with Crippen molar-refractivity contribution in [2.24, 2.45) is 0 Å². The largest absolute Gasteiger partial charge is 0.394 e. The smallest absolute Gasteiger partial charge is 0.0782 e. The lowest BCUT2D eigenvalue weighted by Gasteiger charge is -2.04. The summed E-state index contributed by atoms with van der Waals surface area (Å²) in [5, 5.41) is 8.33. The van der Waals surface area contributed by atoms with Gasteiger partial charge in [0.15, 0.2) is 0 Å². The van der Waals surface area contributed by atoms with Gasteiger partial charge >= 0.3 is 0 Å². The Morgan fingerprint density at radius 2 is 2.43 bits per heavy atom. The fourth-order valence-electron chi connectivity index (χ4n) is 0.217. The number of hydrogen-bond donors (Lipinski definition) is 1. The molecular weight excluding hydrogens is 111 g/mol. The maximum absolute atomic E-state index is 8.33. The van der Waals surface area contributed by atoms with Crippen molar-refractivity contribution >= 4 is 9.24 Å². The molecule has 0 aromatic carbocycles. The van der Waals surface area contributed by atoms with E-state index in [1.807, 2.05) is 6.92 Å². The van der Waals surface area contributed by atoms with Gasteiger partial charge in [0, 0.05) is 0 Å².